The summed E-state index contributed by atoms with van der Waals surface area (Å²) in [6, 6.07) is 19.8. The van der Waals surface area contributed by atoms with Crippen LogP contribution in [0.1, 0.15) is 35.6 Å². The van der Waals surface area contributed by atoms with Crippen molar-refractivity contribution in [2.45, 2.75) is 45.0 Å². The average molecular weight is 542 g/mol. The highest BCUT2D eigenvalue weighted by Gasteiger charge is 2.33. The number of carbonyl (C=O) groups is 2. The van der Waals surface area contributed by atoms with Gasteiger partial charge in [0.05, 0.1) is 11.6 Å². The van der Waals surface area contributed by atoms with Crippen molar-refractivity contribution in [2.75, 3.05) is 19.9 Å². The molecule has 2 aliphatic heterocycles. The number of rotatable bonds is 9. The molecule has 0 unspecified atom stereocenters. The lowest BCUT2D eigenvalue weighted by molar-refractivity contribution is -0.142. The number of hydrogen-bond acceptors (Lipinski definition) is 7. The summed E-state index contributed by atoms with van der Waals surface area (Å²) in [4.78, 5) is 29.6. The van der Waals surface area contributed by atoms with Gasteiger partial charge >= 0.3 is 0 Å². The van der Waals surface area contributed by atoms with Crippen molar-refractivity contribution >= 4 is 22.8 Å². The summed E-state index contributed by atoms with van der Waals surface area (Å²) in [7, 11) is 0. The topological polar surface area (TPSA) is 108 Å². The summed E-state index contributed by atoms with van der Waals surface area (Å²) in [5.74, 6) is 0.727. The second-order valence-corrected chi connectivity index (χ2v) is 10.1. The van der Waals surface area contributed by atoms with Gasteiger partial charge < -0.3 is 24.4 Å². The zero-order valence-electron chi connectivity index (χ0n) is 22.3. The molecule has 3 aromatic carbocycles. The third kappa shape index (κ3) is 5.48. The van der Waals surface area contributed by atoms with Crippen LogP contribution in [0.15, 0.2) is 66.7 Å². The molecular weight excluding hydrogens is 510 g/mol. The molecule has 1 saturated heterocycles. The Bertz CT molecular complexity index is 1510. The fourth-order valence-electron chi connectivity index (χ4n) is 5.15. The first-order valence-electron chi connectivity index (χ1n) is 13.5. The molecule has 2 aliphatic rings. The Balaban J connectivity index is 1.35. The number of fused-ring (bicyclic) bond motifs is 2. The minimum Gasteiger partial charge on any atom is -0.454 e. The van der Waals surface area contributed by atoms with Crippen molar-refractivity contribution in [1.29, 1.82) is 0 Å². The summed E-state index contributed by atoms with van der Waals surface area (Å²) in [6.07, 6.45) is 1.85. The maximum atomic E-state index is 14.1. The van der Waals surface area contributed by atoms with E-state index in [1.165, 1.54) is 0 Å². The van der Waals surface area contributed by atoms with Crippen molar-refractivity contribution in [1.82, 2.24) is 25.2 Å². The van der Waals surface area contributed by atoms with E-state index in [-0.39, 0.29) is 37.8 Å². The smallest absolute Gasteiger partial charge is 0.247 e. The van der Waals surface area contributed by atoms with Crippen LogP contribution in [0, 0.1) is 6.92 Å². The summed E-state index contributed by atoms with van der Waals surface area (Å²) in [5, 5.41) is 11.5. The van der Waals surface area contributed by atoms with Gasteiger partial charge in [0, 0.05) is 19.7 Å². The maximum Gasteiger partial charge on any atom is 0.247 e. The SMILES string of the molecule is Cc1ccc([C@H](C(=O)NC[C@H]2CCCO2)N(Cc2ccc3c(c2)OCO3)C(=O)Cn2nnc3ccccc32)cc1. The summed E-state index contributed by atoms with van der Waals surface area (Å²) < 4.78 is 18.3. The number of aromatic nitrogens is 3. The minimum absolute atomic E-state index is 0.0258. The van der Waals surface area contributed by atoms with Gasteiger partial charge in [-0.2, -0.15) is 0 Å². The summed E-state index contributed by atoms with van der Waals surface area (Å²) in [5.41, 5.74) is 4.03. The predicted octanol–water partition coefficient (Wildman–Crippen LogP) is 3.53. The quantitative estimate of drug-likeness (QED) is 0.345. The fourth-order valence-corrected chi connectivity index (χ4v) is 5.15. The minimum atomic E-state index is -0.880. The van der Waals surface area contributed by atoms with Crippen LogP contribution < -0.4 is 14.8 Å². The molecule has 2 amide bonds. The van der Waals surface area contributed by atoms with E-state index in [0.29, 0.717) is 35.7 Å². The van der Waals surface area contributed by atoms with Gasteiger partial charge in [0.25, 0.3) is 0 Å². The molecule has 40 heavy (non-hydrogen) atoms. The van der Waals surface area contributed by atoms with Crippen LogP contribution in [-0.2, 0) is 27.4 Å². The van der Waals surface area contributed by atoms with Crippen molar-refractivity contribution in [3.8, 4) is 11.5 Å². The number of benzene rings is 3. The number of hydrogen-bond donors (Lipinski definition) is 1. The van der Waals surface area contributed by atoms with Crippen molar-refractivity contribution in [2.24, 2.45) is 0 Å². The molecule has 4 aromatic rings. The van der Waals surface area contributed by atoms with Crippen LogP contribution in [-0.4, -0.2) is 57.8 Å². The van der Waals surface area contributed by atoms with E-state index in [1.54, 1.807) is 9.58 Å². The lowest BCUT2D eigenvalue weighted by Crippen LogP contribution is -2.46. The molecule has 6 rings (SSSR count). The maximum absolute atomic E-state index is 14.1. The Kier molecular flexibility index (Phi) is 7.33. The van der Waals surface area contributed by atoms with E-state index in [4.69, 9.17) is 14.2 Å². The van der Waals surface area contributed by atoms with Crippen molar-refractivity contribution < 1.29 is 23.8 Å². The second kappa shape index (κ2) is 11.4. The number of para-hydroxylation sites is 1. The molecule has 0 radical (unpaired) electrons. The Labute approximate surface area is 231 Å². The number of ether oxygens (including phenoxy) is 3. The molecule has 10 nitrogen and oxygen atoms in total. The Hall–Kier alpha value is -4.44. The molecule has 1 aromatic heterocycles. The van der Waals surface area contributed by atoms with E-state index in [0.717, 1.165) is 29.5 Å². The molecule has 1 N–H and O–H groups in total. The standard InChI is InChI=1S/C30H31N5O5/c1-20-8-11-22(12-9-20)29(30(37)31-16-23-5-4-14-38-23)34(17-21-10-13-26-27(15-21)40-19-39-26)28(36)18-35-25-7-3-2-6-24(25)32-33-35/h2-3,6-13,15,23,29H,4-5,14,16-19H2,1H3,(H,31,37)/t23-,29-/m1/s1. The van der Waals surface area contributed by atoms with Gasteiger partial charge in [-0.3, -0.25) is 9.59 Å². The zero-order chi connectivity index (χ0) is 27.5. The van der Waals surface area contributed by atoms with Gasteiger partial charge in [-0.25, -0.2) is 4.68 Å². The molecule has 0 spiro atoms. The average Bonchev–Trinajstić information content (AvgIpc) is 3.74. The fraction of sp³-hybridized carbons (Fsp3) is 0.333. The molecule has 2 atom stereocenters. The van der Waals surface area contributed by atoms with Gasteiger partial charge in [0.2, 0.25) is 18.6 Å². The van der Waals surface area contributed by atoms with E-state index in [2.05, 4.69) is 15.6 Å². The number of aryl methyl sites for hydroxylation is 1. The first kappa shape index (κ1) is 25.8. The predicted molar refractivity (Wildman–Crippen MR) is 147 cm³/mol. The van der Waals surface area contributed by atoms with Crippen LogP contribution in [0.2, 0.25) is 0 Å². The van der Waals surface area contributed by atoms with Crippen LogP contribution in [0.3, 0.4) is 0 Å². The molecule has 0 saturated carbocycles. The summed E-state index contributed by atoms with van der Waals surface area (Å²) >= 11 is 0. The van der Waals surface area contributed by atoms with Gasteiger partial charge in [-0.15, -0.1) is 5.10 Å². The van der Waals surface area contributed by atoms with E-state index >= 15 is 0 Å². The van der Waals surface area contributed by atoms with Gasteiger partial charge in [-0.05, 0) is 55.2 Å². The lowest BCUT2D eigenvalue weighted by Gasteiger charge is -2.32. The first-order chi connectivity index (χ1) is 19.5. The highest BCUT2D eigenvalue weighted by molar-refractivity contribution is 5.89. The normalized spacial score (nSPS) is 16.7. The second-order valence-electron chi connectivity index (χ2n) is 10.1. The van der Waals surface area contributed by atoms with E-state index < -0.39 is 6.04 Å². The monoisotopic (exact) mass is 541 g/mol. The van der Waals surface area contributed by atoms with Crippen LogP contribution in [0.4, 0.5) is 0 Å². The number of carbonyl (C=O) groups excluding carboxylic acids is 2. The largest absolute Gasteiger partial charge is 0.454 e. The van der Waals surface area contributed by atoms with E-state index in [9.17, 15) is 9.59 Å². The number of nitrogens with zero attached hydrogens (tertiary/aromatic N) is 4. The molecule has 0 bridgehead atoms. The first-order valence-corrected chi connectivity index (χ1v) is 13.5. The zero-order valence-corrected chi connectivity index (χ0v) is 22.3. The molecule has 206 valence electrons. The molecule has 0 aliphatic carbocycles. The Morgan fingerprint density at radius 2 is 1.90 bits per heavy atom. The van der Waals surface area contributed by atoms with Crippen molar-refractivity contribution in [3.63, 3.8) is 0 Å². The number of amides is 2. The Morgan fingerprint density at radius 1 is 1.07 bits per heavy atom. The summed E-state index contributed by atoms with van der Waals surface area (Å²) in [6.45, 7) is 3.32. The molecule has 1 fully saturated rings. The third-order valence-electron chi connectivity index (χ3n) is 7.30. The molecule has 10 heteroatoms. The van der Waals surface area contributed by atoms with Gasteiger partial charge in [0.15, 0.2) is 11.5 Å². The highest BCUT2D eigenvalue weighted by Crippen LogP contribution is 2.34. The highest BCUT2D eigenvalue weighted by atomic mass is 16.7. The Morgan fingerprint density at radius 3 is 2.73 bits per heavy atom. The third-order valence-corrected chi connectivity index (χ3v) is 7.30. The lowest BCUT2D eigenvalue weighted by atomic mass is 10.0. The van der Waals surface area contributed by atoms with Crippen molar-refractivity contribution in [3.05, 3.63) is 83.4 Å². The molecular formula is C30H31N5O5. The van der Waals surface area contributed by atoms with Crippen LogP contribution in [0.25, 0.3) is 11.0 Å². The molecule has 3 heterocycles. The van der Waals surface area contributed by atoms with E-state index in [1.807, 2.05) is 73.7 Å². The van der Waals surface area contributed by atoms with Crippen LogP contribution >= 0.6 is 0 Å². The number of nitrogens with one attached hydrogen (secondary N) is 1. The van der Waals surface area contributed by atoms with Gasteiger partial charge in [0.1, 0.15) is 18.1 Å². The van der Waals surface area contributed by atoms with Crippen LogP contribution in [0.5, 0.6) is 11.5 Å². The van der Waals surface area contributed by atoms with Gasteiger partial charge in [-0.1, -0.05) is 53.2 Å².